The fourth-order valence-corrected chi connectivity index (χ4v) is 1.36. The topological polar surface area (TPSA) is 98.0 Å². The summed E-state index contributed by atoms with van der Waals surface area (Å²) in [7, 11) is 0. The van der Waals surface area contributed by atoms with E-state index in [0.29, 0.717) is 0 Å². The average Bonchev–Trinajstić information content (AvgIpc) is 2.23. The highest BCUT2D eigenvalue weighted by atomic mass is 16.4. The van der Waals surface area contributed by atoms with Crippen LogP contribution in [0.1, 0.15) is 6.42 Å². The zero-order chi connectivity index (χ0) is 11.9. The highest BCUT2D eigenvalue weighted by Crippen LogP contribution is 2.31. The molecule has 0 fully saturated rings. The second kappa shape index (κ2) is 6.34. The SMILES string of the molecule is C=CCC(CO)(CO)C(=CCO)C(=O)O. The minimum absolute atomic E-state index is 0.123. The number of allylic oxidation sites excluding steroid dienone is 1. The van der Waals surface area contributed by atoms with Gasteiger partial charge in [-0.25, -0.2) is 4.79 Å². The quantitative estimate of drug-likeness (QED) is 0.341. The van der Waals surface area contributed by atoms with Crippen LogP contribution in [0.5, 0.6) is 0 Å². The lowest BCUT2D eigenvalue weighted by Gasteiger charge is -2.29. The van der Waals surface area contributed by atoms with Crippen LogP contribution in [0.4, 0.5) is 0 Å². The minimum atomic E-state index is -1.28. The van der Waals surface area contributed by atoms with Gasteiger partial charge in [-0.2, -0.15) is 0 Å². The lowest BCUT2D eigenvalue weighted by atomic mass is 9.78. The van der Waals surface area contributed by atoms with Gasteiger partial charge in [0.15, 0.2) is 0 Å². The molecular weight excluding hydrogens is 200 g/mol. The van der Waals surface area contributed by atoms with Crippen LogP contribution < -0.4 is 0 Å². The van der Waals surface area contributed by atoms with E-state index in [9.17, 15) is 4.79 Å². The van der Waals surface area contributed by atoms with Crippen LogP contribution in [0.15, 0.2) is 24.3 Å². The predicted octanol–water partition coefficient (Wildman–Crippen LogP) is -0.463. The summed E-state index contributed by atoms with van der Waals surface area (Å²) in [6.45, 7) is 1.94. The van der Waals surface area contributed by atoms with Crippen molar-refractivity contribution in [2.24, 2.45) is 5.41 Å². The Morgan fingerprint density at radius 2 is 1.80 bits per heavy atom. The number of hydrogen-bond donors (Lipinski definition) is 4. The molecule has 0 aliphatic rings. The molecule has 86 valence electrons. The molecule has 0 aromatic heterocycles. The molecule has 0 aromatic rings. The number of aliphatic carboxylic acids is 1. The van der Waals surface area contributed by atoms with Gasteiger partial charge in [-0.3, -0.25) is 0 Å². The number of hydrogen-bond acceptors (Lipinski definition) is 4. The van der Waals surface area contributed by atoms with Crippen molar-refractivity contribution in [3.63, 3.8) is 0 Å². The number of aliphatic hydroxyl groups is 3. The number of carbonyl (C=O) groups is 1. The monoisotopic (exact) mass is 216 g/mol. The van der Waals surface area contributed by atoms with Crippen LogP contribution in [-0.4, -0.2) is 46.2 Å². The molecule has 0 saturated carbocycles. The summed E-state index contributed by atoms with van der Waals surface area (Å²) < 4.78 is 0. The fraction of sp³-hybridized carbons (Fsp3) is 0.500. The van der Waals surface area contributed by atoms with Gasteiger partial charge >= 0.3 is 5.97 Å². The molecule has 4 N–H and O–H groups in total. The highest BCUT2D eigenvalue weighted by molar-refractivity contribution is 5.88. The molecule has 0 rings (SSSR count). The van der Waals surface area contributed by atoms with Gasteiger partial charge in [-0.1, -0.05) is 6.08 Å². The van der Waals surface area contributed by atoms with Crippen molar-refractivity contribution in [2.75, 3.05) is 19.8 Å². The first-order chi connectivity index (χ1) is 7.07. The van der Waals surface area contributed by atoms with Crippen LogP contribution in [0.3, 0.4) is 0 Å². The van der Waals surface area contributed by atoms with Crippen molar-refractivity contribution in [1.29, 1.82) is 0 Å². The fourth-order valence-electron chi connectivity index (χ4n) is 1.36. The van der Waals surface area contributed by atoms with Crippen LogP contribution in [0.25, 0.3) is 0 Å². The Labute approximate surface area is 88.0 Å². The van der Waals surface area contributed by atoms with E-state index in [1.165, 1.54) is 6.08 Å². The maximum absolute atomic E-state index is 10.9. The van der Waals surface area contributed by atoms with Gasteiger partial charge in [0.1, 0.15) is 0 Å². The first kappa shape index (κ1) is 13.8. The standard InChI is InChI=1S/C10H16O5/c1-2-4-10(6-12,7-13)8(3-5-11)9(14)15/h2-3,11-13H,1,4-7H2,(H,14,15). The second-order valence-corrected chi connectivity index (χ2v) is 3.19. The number of rotatable bonds is 7. The average molecular weight is 216 g/mol. The third kappa shape index (κ3) is 3.16. The molecule has 5 heteroatoms. The molecule has 0 saturated heterocycles. The van der Waals surface area contributed by atoms with Gasteiger partial charge in [0.25, 0.3) is 0 Å². The zero-order valence-electron chi connectivity index (χ0n) is 8.39. The van der Waals surface area contributed by atoms with Gasteiger partial charge in [0.2, 0.25) is 0 Å². The molecular formula is C10H16O5. The lowest BCUT2D eigenvalue weighted by Crippen LogP contribution is -2.35. The van der Waals surface area contributed by atoms with Gasteiger partial charge in [-0.15, -0.1) is 6.58 Å². The van der Waals surface area contributed by atoms with E-state index < -0.39 is 31.2 Å². The molecule has 0 bridgehead atoms. The number of carboxylic acid groups (broad SMARTS) is 1. The van der Waals surface area contributed by atoms with E-state index in [4.69, 9.17) is 20.4 Å². The van der Waals surface area contributed by atoms with Crippen molar-refractivity contribution in [3.05, 3.63) is 24.3 Å². The first-order valence-corrected chi connectivity index (χ1v) is 4.45. The van der Waals surface area contributed by atoms with E-state index in [1.54, 1.807) is 0 Å². The Kier molecular flexibility index (Phi) is 5.84. The molecule has 5 nitrogen and oxygen atoms in total. The summed E-state index contributed by atoms with van der Waals surface area (Å²) in [6.07, 6.45) is 2.61. The van der Waals surface area contributed by atoms with Crippen molar-refractivity contribution < 1.29 is 25.2 Å². The Morgan fingerprint density at radius 3 is 2.07 bits per heavy atom. The lowest BCUT2D eigenvalue weighted by molar-refractivity contribution is -0.135. The van der Waals surface area contributed by atoms with Crippen LogP contribution in [0.2, 0.25) is 0 Å². The van der Waals surface area contributed by atoms with Crippen molar-refractivity contribution in [3.8, 4) is 0 Å². The maximum atomic E-state index is 10.9. The van der Waals surface area contributed by atoms with Gasteiger partial charge in [-0.05, 0) is 12.5 Å². The summed E-state index contributed by atoms with van der Waals surface area (Å²) in [5.41, 5.74) is -1.48. The minimum Gasteiger partial charge on any atom is -0.478 e. The van der Waals surface area contributed by atoms with Gasteiger partial charge < -0.3 is 20.4 Å². The molecule has 0 spiro atoms. The summed E-state index contributed by atoms with van der Waals surface area (Å²) in [4.78, 5) is 10.9. The van der Waals surface area contributed by atoms with Crippen molar-refractivity contribution in [1.82, 2.24) is 0 Å². The van der Waals surface area contributed by atoms with E-state index >= 15 is 0 Å². The molecule has 15 heavy (non-hydrogen) atoms. The Morgan fingerprint density at radius 1 is 1.27 bits per heavy atom. The van der Waals surface area contributed by atoms with Crippen LogP contribution >= 0.6 is 0 Å². The molecule has 0 unspecified atom stereocenters. The molecule has 0 aromatic carbocycles. The molecule has 0 aliphatic carbocycles. The normalized spacial score (nSPS) is 12.6. The first-order valence-electron chi connectivity index (χ1n) is 4.45. The van der Waals surface area contributed by atoms with Crippen LogP contribution in [0, 0.1) is 5.41 Å². The van der Waals surface area contributed by atoms with Crippen molar-refractivity contribution in [2.45, 2.75) is 6.42 Å². The predicted molar refractivity (Wildman–Crippen MR) is 54.2 cm³/mol. The van der Waals surface area contributed by atoms with Crippen molar-refractivity contribution >= 4 is 5.97 Å². The van der Waals surface area contributed by atoms with Gasteiger partial charge in [0, 0.05) is 5.57 Å². The highest BCUT2D eigenvalue weighted by Gasteiger charge is 2.35. The van der Waals surface area contributed by atoms with Crippen LogP contribution in [-0.2, 0) is 4.79 Å². The Hall–Kier alpha value is -1.17. The number of carboxylic acids is 1. The van der Waals surface area contributed by atoms with E-state index in [-0.39, 0.29) is 12.0 Å². The summed E-state index contributed by atoms with van der Waals surface area (Å²) in [5, 5.41) is 35.9. The largest absolute Gasteiger partial charge is 0.478 e. The molecule has 0 amide bonds. The molecule has 0 radical (unpaired) electrons. The third-order valence-corrected chi connectivity index (χ3v) is 2.24. The summed E-state index contributed by atoms with van der Waals surface area (Å²) in [5.74, 6) is -1.27. The summed E-state index contributed by atoms with van der Waals surface area (Å²) in [6, 6.07) is 0. The summed E-state index contributed by atoms with van der Waals surface area (Å²) >= 11 is 0. The third-order valence-electron chi connectivity index (χ3n) is 2.24. The van der Waals surface area contributed by atoms with Gasteiger partial charge in [0.05, 0.1) is 25.2 Å². The Balaban J connectivity index is 5.24. The molecule has 0 atom stereocenters. The molecule has 0 aliphatic heterocycles. The number of aliphatic hydroxyl groups excluding tert-OH is 3. The maximum Gasteiger partial charge on any atom is 0.332 e. The van der Waals surface area contributed by atoms with E-state index in [1.807, 2.05) is 0 Å². The molecule has 0 heterocycles. The van der Waals surface area contributed by atoms with E-state index in [0.717, 1.165) is 6.08 Å². The Bertz CT molecular complexity index is 253. The zero-order valence-corrected chi connectivity index (χ0v) is 8.39. The van der Waals surface area contributed by atoms with E-state index in [2.05, 4.69) is 6.58 Å². The second-order valence-electron chi connectivity index (χ2n) is 3.19. The smallest absolute Gasteiger partial charge is 0.332 e.